The number of thiophene rings is 1. The fourth-order valence-electron chi connectivity index (χ4n) is 2.77. The first-order valence-corrected chi connectivity index (χ1v) is 7.95. The van der Waals surface area contributed by atoms with Crippen LogP contribution in [0.25, 0.3) is 0 Å². The minimum Gasteiger partial charge on any atom is -0.342 e. The van der Waals surface area contributed by atoms with Gasteiger partial charge in [0.1, 0.15) is 0 Å². The largest absolute Gasteiger partial charge is 0.342 e. The summed E-state index contributed by atoms with van der Waals surface area (Å²) >= 11 is 1.85. The molecular weight excluding hydrogens is 292 g/mol. The highest BCUT2D eigenvalue weighted by Gasteiger charge is 2.24. The Morgan fingerprint density at radius 1 is 1.50 bits per heavy atom. The molecule has 5 heteroatoms. The molecule has 1 amide bonds. The Labute approximate surface area is 131 Å². The van der Waals surface area contributed by atoms with Gasteiger partial charge in [-0.15, -0.1) is 23.7 Å². The fourth-order valence-corrected chi connectivity index (χ4v) is 3.75. The number of aryl methyl sites for hydroxylation is 3. The molecule has 0 spiro atoms. The van der Waals surface area contributed by atoms with Crippen molar-refractivity contribution in [3.63, 3.8) is 0 Å². The van der Waals surface area contributed by atoms with Crippen molar-refractivity contribution in [1.82, 2.24) is 4.90 Å². The average molecular weight is 317 g/mol. The topological polar surface area (TPSA) is 46.3 Å². The number of amides is 1. The van der Waals surface area contributed by atoms with Crippen molar-refractivity contribution < 1.29 is 4.79 Å². The third-order valence-electron chi connectivity index (χ3n) is 3.95. The fraction of sp³-hybridized carbons (Fsp3) is 0.667. The van der Waals surface area contributed by atoms with Crippen LogP contribution in [0.3, 0.4) is 0 Å². The first-order valence-electron chi connectivity index (χ1n) is 7.14. The second-order valence-corrected chi connectivity index (χ2v) is 6.98. The molecule has 2 N–H and O–H groups in total. The molecule has 1 atom stereocenters. The Kier molecular flexibility index (Phi) is 7.00. The van der Waals surface area contributed by atoms with E-state index in [1.165, 1.54) is 15.3 Å². The zero-order valence-electron chi connectivity index (χ0n) is 12.4. The van der Waals surface area contributed by atoms with Gasteiger partial charge >= 0.3 is 0 Å². The summed E-state index contributed by atoms with van der Waals surface area (Å²) in [5.41, 5.74) is 7.07. The smallest absolute Gasteiger partial charge is 0.222 e. The van der Waals surface area contributed by atoms with E-state index in [0.29, 0.717) is 24.8 Å². The minimum absolute atomic E-state index is 0. The standard InChI is InChI=1S/C15H24N2OS.ClH/c1-11-8-14(12(2)19-11)4-3-5-15(18)17-7-6-13(9-16)10-17;/h8,13H,3-7,9-10,16H2,1-2H3;1H. The van der Waals surface area contributed by atoms with Crippen molar-refractivity contribution in [3.05, 3.63) is 21.4 Å². The summed E-state index contributed by atoms with van der Waals surface area (Å²) in [4.78, 5) is 16.8. The van der Waals surface area contributed by atoms with Crippen LogP contribution in [0.15, 0.2) is 6.07 Å². The number of nitrogens with two attached hydrogens (primary N) is 1. The molecule has 0 saturated carbocycles. The van der Waals surface area contributed by atoms with Gasteiger partial charge in [0.2, 0.25) is 5.91 Å². The van der Waals surface area contributed by atoms with Crippen LogP contribution in [-0.2, 0) is 11.2 Å². The Bertz CT molecular complexity index is 447. The molecule has 1 aliphatic rings. The van der Waals surface area contributed by atoms with Crippen molar-refractivity contribution in [2.24, 2.45) is 11.7 Å². The van der Waals surface area contributed by atoms with Crippen LogP contribution in [0.1, 0.15) is 34.6 Å². The second kappa shape index (κ2) is 8.01. The van der Waals surface area contributed by atoms with Crippen LogP contribution in [0, 0.1) is 19.8 Å². The predicted octanol–water partition coefficient (Wildman–Crippen LogP) is 2.92. The molecule has 114 valence electrons. The van der Waals surface area contributed by atoms with E-state index in [-0.39, 0.29) is 12.4 Å². The third kappa shape index (κ3) is 4.47. The minimum atomic E-state index is 0. The van der Waals surface area contributed by atoms with Gasteiger partial charge in [0.05, 0.1) is 0 Å². The van der Waals surface area contributed by atoms with Gasteiger partial charge in [0.25, 0.3) is 0 Å². The molecule has 3 nitrogen and oxygen atoms in total. The lowest BCUT2D eigenvalue weighted by atomic mass is 10.1. The maximum Gasteiger partial charge on any atom is 0.222 e. The zero-order valence-corrected chi connectivity index (χ0v) is 14.0. The van der Waals surface area contributed by atoms with Gasteiger partial charge in [0, 0.05) is 29.3 Å². The lowest BCUT2D eigenvalue weighted by Gasteiger charge is -2.16. The van der Waals surface area contributed by atoms with Gasteiger partial charge in [0.15, 0.2) is 0 Å². The molecular formula is C15H25ClN2OS. The molecule has 1 aliphatic heterocycles. The summed E-state index contributed by atoms with van der Waals surface area (Å²) < 4.78 is 0. The highest BCUT2D eigenvalue weighted by Crippen LogP contribution is 2.22. The van der Waals surface area contributed by atoms with Crippen LogP contribution in [0.4, 0.5) is 0 Å². The molecule has 1 aromatic heterocycles. The van der Waals surface area contributed by atoms with E-state index >= 15 is 0 Å². The summed E-state index contributed by atoms with van der Waals surface area (Å²) in [5, 5.41) is 0. The van der Waals surface area contributed by atoms with Crippen molar-refractivity contribution in [2.45, 2.75) is 39.5 Å². The summed E-state index contributed by atoms with van der Waals surface area (Å²) in [5.74, 6) is 0.825. The number of halogens is 1. The van der Waals surface area contributed by atoms with E-state index in [0.717, 1.165) is 32.4 Å². The lowest BCUT2D eigenvalue weighted by Crippen LogP contribution is -2.29. The number of hydrogen-bond acceptors (Lipinski definition) is 3. The molecule has 1 saturated heterocycles. The molecule has 2 rings (SSSR count). The zero-order chi connectivity index (χ0) is 13.8. The number of carbonyl (C=O) groups excluding carboxylic acids is 1. The van der Waals surface area contributed by atoms with Crippen LogP contribution in [0.5, 0.6) is 0 Å². The molecule has 20 heavy (non-hydrogen) atoms. The van der Waals surface area contributed by atoms with Crippen molar-refractivity contribution >= 4 is 29.7 Å². The van der Waals surface area contributed by atoms with Gasteiger partial charge in [-0.05, 0) is 57.2 Å². The molecule has 0 bridgehead atoms. The quantitative estimate of drug-likeness (QED) is 0.908. The van der Waals surface area contributed by atoms with Crippen LogP contribution >= 0.6 is 23.7 Å². The molecule has 1 unspecified atom stereocenters. The van der Waals surface area contributed by atoms with E-state index in [9.17, 15) is 4.79 Å². The van der Waals surface area contributed by atoms with Gasteiger partial charge in [-0.2, -0.15) is 0 Å². The van der Waals surface area contributed by atoms with Gasteiger partial charge in [-0.25, -0.2) is 0 Å². The first kappa shape index (κ1) is 17.5. The second-order valence-electron chi connectivity index (χ2n) is 5.52. The summed E-state index contributed by atoms with van der Waals surface area (Å²) in [6.45, 7) is 6.78. The van der Waals surface area contributed by atoms with Crippen LogP contribution in [-0.4, -0.2) is 30.4 Å². The monoisotopic (exact) mass is 316 g/mol. The maximum atomic E-state index is 12.1. The molecule has 0 aliphatic carbocycles. The number of nitrogens with zero attached hydrogens (tertiary/aromatic N) is 1. The summed E-state index contributed by atoms with van der Waals surface area (Å²) in [6.07, 6.45) is 3.73. The van der Waals surface area contributed by atoms with Gasteiger partial charge in [-0.1, -0.05) is 0 Å². The number of likely N-dealkylation sites (tertiary alicyclic amines) is 1. The summed E-state index contributed by atoms with van der Waals surface area (Å²) in [7, 11) is 0. The molecule has 2 heterocycles. The van der Waals surface area contributed by atoms with Crippen molar-refractivity contribution in [2.75, 3.05) is 19.6 Å². The number of hydrogen-bond donors (Lipinski definition) is 1. The Morgan fingerprint density at radius 2 is 2.25 bits per heavy atom. The SMILES string of the molecule is Cc1cc(CCCC(=O)N2CCC(CN)C2)c(C)s1.Cl. The first-order chi connectivity index (χ1) is 9.10. The highest BCUT2D eigenvalue weighted by molar-refractivity contribution is 7.12. The van der Waals surface area contributed by atoms with E-state index in [1.54, 1.807) is 0 Å². The van der Waals surface area contributed by atoms with Gasteiger partial charge in [-0.3, -0.25) is 4.79 Å². The van der Waals surface area contributed by atoms with E-state index in [4.69, 9.17) is 5.73 Å². The maximum absolute atomic E-state index is 12.1. The predicted molar refractivity (Wildman–Crippen MR) is 87.7 cm³/mol. The van der Waals surface area contributed by atoms with E-state index in [2.05, 4.69) is 19.9 Å². The average Bonchev–Trinajstić information content (AvgIpc) is 2.96. The van der Waals surface area contributed by atoms with Crippen molar-refractivity contribution in [3.8, 4) is 0 Å². The summed E-state index contributed by atoms with van der Waals surface area (Å²) in [6, 6.07) is 2.25. The third-order valence-corrected chi connectivity index (χ3v) is 4.96. The van der Waals surface area contributed by atoms with E-state index < -0.39 is 0 Å². The Balaban J connectivity index is 0.00000200. The van der Waals surface area contributed by atoms with Crippen molar-refractivity contribution in [1.29, 1.82) is 0 Å². The normalized spacial score (nSPS) is 18.1. The Hall–Kier alpha value is -0.580. The molecule has 0 radical (unpaired) electrons. The highest BCUT2D eigenvalue weighted by atomic mass is 35.5. The molecule has 1 aromatic rings. The molecule has 0 aromatic carbocycles. The lowest BCUT2D eigenvalue weighted by molar-refractivity contribution is -0.130. The number of rotatable bonds is 5. The molecule has 1 fully saturated rings. The van der Waals surface area contributed by atoms with Crippen LogP contribution in [0.2, 0.25) is 0 Å². The Morgan fingerprint density at radius 3 is 2.80 bits per heavy atom. The number of carbonyl (C=O) groups is 1. The van der Waals surface area contributed by atoms with Crippen LogP contribution < -0.4 is 5.73 Å². The van der Waals surface area contributed by atoms with E-state index in [1.807, 2.05) is 16.2 Å². The van der Waals surface area contributed by atoms with Gasteiger partial charge < -0.3 is 10.6 Å².